The Hall–Kier alpha value is -3.32. The van der Waals surface area contributed by atoms with Gasteiger partial charge in [0.1, 0.15) is 11.6 Å². The van der Waals surface area contributed by atoms with Gasteiger partial charge in [-0.2, -0.15) is 0 Å². The van der Waals surface area contributed by atoms with E-state index in [-0.39, 0.29) is 23.4 Å². The Morgan fingerprint density at radius 3 is 2.47 bits per heavy atom. The molecule has 1 aromatic heterocycles. The molecule has 1 atom stereocenters. The minimum atomic E-state index is -1.06. The van der Waals surface area contributed by atoms with Crippen molar-refractivity contribution >= 4 is 33.4 Å². The first-order chi connectivity index (χ1) is 14.5. The Labute approximate surface area is 180 Å². The number of aliphatic hydroxyl groups is 1. The number of likely N-dealkylation sites (tertiary alicyclic amines) is 1. The van der Waals surface area contributed by atoms with Gasteiger partial charge in [-0.15, -0.1) is 0 Å². The van der Waals surface area contributed by atoms with Crippen molar-refractivity contribution in [3.05, 3.63) is 106 Å². The predicted molar refractivity (Wildman–Crippen MR) is 113 cm³/mol. The Bertz CT molecular complexity index is 1150. The molecule has 0 saturated carbocycles. The minimum Gasteiger partial charge on any atom is -0.507 e. The molecule has 2 aromatic carbocycles. The fraction of sp³-hybridized carbons (Fsp3) is 0.0870. The Kier molecular flexibility index (Phi) is 5.46. The fourth-order valence-electron chi connectivity index (χ4n) is 3.51. The molecule has 1 aliphatic rings. The summed E-state index contributed by atoms with van der Waals surface area (Å²) in [6, 6.07) is 15.0. The van der Waals surface area contributed by atoms with Crippen LogP contribution in [0.2, 0.25) is 0 Å². The molecule has 1 unspecified atom stereocenters. The maximum atomic E-state index is 14.7. The van der Waals surface area contributed by atoms with Gasteiger partial charge in [0.15, 0.2) is 0 Å². The number of ketones is 1. The number of aromatic nitrogens is 1. The summed E-state index contributed by atoms with van der Waals surface area (Å²) in [6.07, 6.45) is 3.17. The summed E-state index contributed by atoms with van der Waals surface area (Å²) in [5, 5.41) is 10.9. The van der Waals surface area contributed by atoms with Crippen LogP contribution in [0, 0.1) is 5.82 Å². The zero-order valence-electron chi connectivity index (χ0n) is 15.6. The lowest BCUT2D eigenvalue weighted by atomic mass is 9.95. The SMILES string of the molecule is O=C1C(=O)N(Cc2cccnc2)C(c2ccccc2F)/C1=C(/O)c1ccc(Br)cc1. The van der Waals surface area contributed by atoms with Crippen LogP contribution in [0.25, 0.3) is 5.76 Å². The van der Waals surface area contributed by atoms with Crippen molar-refractivity contribution in [3.8, 4) is 0 Å². The Balaban J connectivity index is 1.88. The first-order valence-electron chi connectivity index (χ1n) is 9.15. The van der Waals surface area contributed by atoms with Gasteiger partial charge in [0.2, 0.25) is 0 Å². The van der Waals surface area contributed by atoms with Crippen LogP contribution in [-0.4, -0.2) is 26.7 Å². The summed E-state index contributed by atoms with van der Waals surface area (Å²) in [7, 11) is 0. The predicted octanol–water partition coefficient (Wildman–Crippen LogP) is 4.61. The molecule has 1 saturated heterocycles. The fourth-order valence-corrected chi connectivity index (χ4v) is 3.78. The van der Waals surface area contributed by atoms with E-state index in [2.05, 4.69) is 20.9 Å². The molecule has 1 aliphatic heterocycles. The molecule has 2 heterocycles. The summed E-state index contributed by atoms with van der Waals surface area (Å²) in [5.74, 6) is -2.57. The number of rotatable bonds is 4. The molecule has 7 heteroatoms. The number of pyridine rings is 1. The topological polar surface area (TPSA) is 70.5 Å². The summed E-state index contributed by atoms with van der Waals surface area (Å²) in [5.41, 5.74) is 1.04. The average molecular weight is 467 g/mol. The lowest BCUT2D eigenvalue weighted by Gasteiger charge is -2.25. The highest BCUT2D eigenvalue weighted by atomic mass is 79.9. The number of halogens is 2. The van der Waals surface area contributed by atoms with E-state index in [0.717, 1.165) is 4.47 Å². The molecular weight excluding hydrogens is 451 g/mol. The van der Waals surface area contributed by atoms with Crippen LogP contribution >= 0.6 is 15.9 Å². The lowest BCUT2D eigenvalue weighted by molar-refractivity contribution is -0.140. The van der Waals surface area contributed by atoms with E-state index < -0.39 is 23.5 Å². The van der Waals surface area contributed by atoms with Gasteiger partial charge in [-0.05, 0) is 29.8 Å². The highest BCUT2D eigenvalue weighted by Crippen LogP contribution is 2.41. The van der Waals surface area contributed by atoms with Crippen molar-refractivity contribution in [2.45, 2.75) is 12.6 Å². The van der Waals surface area contributed by atoms with Gasteiger partial charge in [0, 0.05) is 34.5 Å². The van der Waals surface area contributed by atoms with Gasteiger partial charge < -0.3 is 10.0 Å². The van der Waals surface area contributed by atoms with Crippen LogP contribution < -0.4 is 0 Å². The molecular formula is C23H16BrFN2O3. The zero-order valence-corrected chi connectivity index (χ0v) is 17.2. The van der Waals surface area contributed by atoms with E-state index in [4.69, 9.17) is 0 Å². The number of aliphatic hydroxyl groups excluding tert-OH is 1. The second-order valence-electron chi connectivity index (χ2n) is 6.82. The molecule has 4 rings (SSSR count). The summed E-state index contributed by atoms with van der Waals surface area (Å²) in [6.45, 7) is 0.0501. The summed E-state index contributed by atoms with van der Waals surface area (Å²) in [4.78, 5) is 31.1. The summed E-state index contributed by atoms with van der Waals surface area (Å²) < 4.78 is 15.5. The molecule has 0 aliphatic carbocycles. The van der Waals surface area contributed by atoms with E-state index in [9.17, 15) is 19.1 Å². The highest BCUT2D eigenvalue weighted by Gasteiger charge is 2.46. The van der Waals surface area contributed by atoms with Gasteiger partial charge in [-0.3, -0.25) is 14.6 Å². The van der Waals surface area contributed by atoms with Crippen LogP contribution in [0.1, 0.15) is 22.7 Å². The molecule has 0 radical (unpaired) electrons. The minimum absolute atomic E-state index is 0.0501. The molecule has 1 fully saturated rings. The standard InChI is InChI=1S/C23H16BrFN2O3/c24-16-9-7-15(8-10-16)21(28)19-20(17-5-1-2-6-18(17)25)27(23(30)22(19)29)13-14-4-3-11-26-12-14/h1-12,20,28H,13H2/b21-19-. The number of carbonyl (C=O) groups is 2. The largest absolute Gasteiger partial charge is 0.507 e. The third kappa shape index (κ3) is 3.64. The third-order valence-electron chi connectivity index (χ3n) is 4.93. The number of hydrogen-bond acceptors (Lipinski definition) is 4. The second-order valence-corrected chi connectivity index (χ2v) is 7.73. The maximum Gasteiger partial charge on any atom is 0.295 e. The van der Waals surface area contributed by atoms with Crippen LogP contribution in [0.3, 0.4) is 0 Å². The van der Waals surface area contributed by atoms with Gasteiger partial charge in [0.25, 0.3) is 11.7 Å². The molecule has 150 valence electrons. The van der Waals surface area contributed by atoms with E-state index >= 15 is 0 Å². The first kappa shape index (κ1) is 20.0. The van der Waals surface area contributed by atoms with Crippen molar-refractivity contribution in [2.24, 2.45) is 0 Å². The molecule has 1 amide bonds. The summed E-state index contributed by atoms with van der Waals surface area (Å²) >= 11 is 3.32. The molecule has 30 heavy (non-hydrogen) atoms. The molecule has 0 bridgehead atoms. The van der Waals surface area contributed by atoms with Gasteiger partial charge in [-0.25, -0.2) is 4.39 Å². The number of hydrogen-bond donors (Lipinski definition) is 1. The van der Waals surface area contributed by atoms with Gasteiger partial charge >= 0.3 is 0 Å². The lowest BCUT2D eigenvalue weighted by Crippen LogP contribution is -2.29. The molecule has 5 nitrogen and oxygen atoms in total. The number of carbonyl (C=O) groups excluding carboxylic acids is 2. The Morgan fingerprint density at radius 1 is 1.07 bits per heavy atom. The Morgan fingerprint density at radius 2 is 1.80 bits per heavy atom. The first-order valence-corrected chi connectivity index (χ1v) is 9.94. The van der Waals surface area contributed by atoms with Crippen molar-refractivity contribution in [3.63, 3.8) is 0 Å². The van der Waals surface area contributed by atoms with Crippen LogP contribution in [0.5, 0.6) is 0 Å². The van der Waals surface area contributed by atoms with Gasteiger partial charge in [-0.1, -0.05) is 52.3 Å². The highest BCUT2D eigenvalue weighted by molar-refractivity contribution is 9.10. The van der Waals surface area contributed by atoms with Crippen LogP contribution in [-0.2, 0) is 16.1 Å². The maximum absolute atomic E-state index is 14.7. The van der Waals surface area contributed by atoms with Crippen LogP contribution in [0.15, 0.2) is 83.1 Å². The molecule has 1 N–H and O–H groups in total. The second kappa shape index (κ2) is 8.20. The zero-order chi connectivity index (χ0) is 21.3. The monoisotopic (exact) mass is 466 g/mol. The van der Waals surface area contributed by atoms with Gasteiger partial charge in [0.05, 0.1) is 11.6 Å². The number of Topliss-reactive ketones (excluding diaryl/α,β-unsaturated/α-hetero) is 1. The van der Waals surface area contributed by atoms with Crippen molar-refractivity contribution in [1.82, 2.24) is 9.88 Å². The van der Waals surface area contributed by atoms with E-state index in [1.54, 1.807) is 54.9 Å². The quantitative estimate of drug-likeness (QED) is 0.346. The smallest absolute Gasteiger partial charge is 0.295 e. The molecule has 0 spiro atoms. The third-order valence-corrected chi connectivity index (χ3v) is 5.46. The van der Waals surface area contributed by atoms with E-state index in [0.29, 0.717) is 11.1 Å². The van der Waals surface area contributed by atoms with Crippen LogP contribution in [0.4, 0.5) is 4.39 Å². The number of benzene rings is 2. The number of amides is 1. The van der Waals surface area contributed by atoms with E-state index in [1.165, 1.54) is 23.1 Å². The van der Waals surface area contributed by atoms with E-state index in [1.807, 2.05) is 0 Å². The van der Waals surface area contributed by atoms with Crippen molar-refractivity contribution < 1.29 is 19.1 Å². The normalized spacial score (nSPS) is 18.1. The molecule has 3 aromatic rings. The number of nitrogens with zero attached hydrogens (tertiary/aromatic N) is 2. The van der Waals surface area contributed by atoms with Crippen molar-refractivity contribution in [2.75, 3.05) is 0 Å². The average Bonchev–Trinajstić information content (AvgIpc) is 3.00. The van der Waals surface area contributed by atoms with Crippen molar-refractivity contribution in [1.29, 1.82) is 0 Å².